The lowest BCUT2D eigenvalue weighted by atomic mass is 9.98. The third-order valence-electron chi connectivity index (χ3n) is 5.44. The van der Waals surface area contributed by atoms with Crippen LogP contribution in [0.1, 0.15) is 30.2 Å². The molecule has 31 heavy (non-hydrogen) atoms. The standard InChI is InChI=1S/C23H25FN4O3/c1-30-20-10-4-16(5-11-20)12-13-25-23(29)28-14-2-3-18(15-28)22-27-26-21(31-22)17-6-8-19(24)9-7-17/h4-11,18H,2-3,12-15H2,1H3,(H,25,29). The first-order valence-electron chi connectivity index (χ1n) is 10.4. The summed E-state index contributed by atoms with van der Waals surface area (Å²) in [6.07, 6.45) is 2.49. The second-order valence-corrected chi connectivity index (χ2v) is 7.57. The van der Waals surface area contributed by atoms with Crippen molar-refractivity contribution in [2.24, 2.45) is 0 Å². The number of carbonyl (C=O) groups is 1. The molecule has 1 N–H and O–H groups in total. The van der Waals surface area contributed by atoms with Gasteiger partial charge in [0.15, 0.2) is 0 Å². The van der Waals surface area contributed by atoms with Gasteiger partial charge in [-0.3, -0.25) is 0 Å². The fraction of sp³-hybridized carbons (Fsp3) is 0.348. The maximum atomic E-state index is 13.1. The van der Waals surface area contributed by atoms with Gasteiger partial charge in [-0.25, -0.2) is 9.18 Å². The summed E-state index contributed by atoms with van der Waals surface area (Å²) in [6, 6.07) is 13.7. The smallest absolute Gasteiger partial charge is 0.317 e. The van der Waals surface area contributed by atoms with E-state index < -0.39 is 0 Å². The highest BCUT2D eigenvalue weighted by molar-refractivity contribution is 5.74. The van der Waals surface area contributed by atoms with Crippen LogP contribution < -0.4 is 10.1 Å². The number of amides is 2. The quantitative estimate of drug-likeness (QED) is 0.647. The van der Waals surface area contributed by atoms with Crippen LogP contribution in [0.25, 0.3) is 11.5 Å². The number of likely N-dealkylation sites (tertiary alicyclic amines) is 1. The van der Waals surface area contributed by atoms with Crippen LogP contribution in [0, 0.1) is 5.82 Å². The first-order valence-corrected chi connectivity index (χ1v) is 10.4. The normalized spacial score (nSPS) is 16.2. The number of piperidine rings is 1. The van der Waals surface area contributed by atoms with E-state index >= 15 is 0 Å². The second kappa shape index (κ2) is 9.59. The van der Waals surface area contributed by atoms with Crippen molar-refractivity contribution in [1.29, 1.82) is 0 Å². The average Bonchev–Trinajstić information content (AvgIpc) is 3.30. The molecule has 1 fully saturated rings. The zero-order valence-corrected chi connectivity index (χ0v) is 17.4. The van der Waals surface area contributed by atoms with Gasteiger partial charge in [-0.05, 0) is 61.2 Å². The molecule has 2 amide bonds. The van der Waals surface area contributed by atoms with E-state index in [0.29, 0.717) is 37.0 Å². The topological polar surface area (TPSA) is 80.5 Å². The number of nitrogens with zero attached hydrogens (tertiary/aromatic N) is 3. The van der Waals surface area contributed by atoms with Gasteiger partial charge in [0.2, 0.25) is 11.8 Å². The van der Waals surface area contributed by atoms with E-state index in [0.717, 1.165) is 30.6 Å². The molecule has 1 aromatic heterocycles. The van der Waals surface area contributed by atoms with Crippen molar-refractivity contribution in [2.45, 2.75) is 25.2 Å². The molecule has 1 atom stereocenters. The summed E-state index contributed by atoms with van der Waals surface area (Å²) in [4.78, 5) is 14.4. The highest BCUT2D eigenvalue weighted by atomic mass is 19.1. The van der Waals surface area contributed by atoms with Gasteiger partial charge in [-0.2, -0.15) is 0 Å². The van der Waals surface area contributed by atoms with Crippen molar-refractivity contribution in [2.75, 3.05) is 26.7 Å². The number of rotatable bonds is 6. The summed E-state index contributed by atoms with van der Waals surface area (Å²) in [5.41, 5.74) is 1.81. The molecule has 8 heteroatoms. The molecule has 0 radical (unpaired) electrons. The molecule has 7 nitrogen and oxygen atoms in total. The van der Waals surface area contributed by atoms with Crippen LogP contribution in [-0.2, 0) is 6.42 Å². The van der Waals surface area contributed by atoms with E-state index in [2.05, 4.69) is 15.5 Å². The minimum atomic E-state index is -0.315. The molecule has 1 aliphatic rings. The molecule has 0 bridgehead atoms. The van der Waals surface area contributed by atoms with E-state index in [-0.39, 0.29) is 17.8 Å². The molecule has 4 rings (SSSR count). The van der Waals surface area contributed by atoms with Gasteiger partial charge in [0, 0.05) is 25.2 Å². The van der Waals surface area contributed by atoms with E-state index in [4.69, 9.17) is 9.15 Å². The van der Waals surface area contributed by atoms with Gasteiger partial charge in [-0.1, -0.05) is 12.1 Å². The Balaban J connectivity index is 1.30. The van der Waals surface area contributed by atoms with E-state index in [1.54, 1.807) is 24.1 Å². The summed E-state index contributed by atoms with van der Waals surface area (Å²) >= 11 is 0. The lowest BCUT2D eigenvalue weighted by molar-refractivity contribution is 0.174. The molecular weight excluding hydrogens is 399 g/mol. The molecular formula is C23H25FN4O3. The predicted molar refractivity (Wildman–Crippen MR) is 113 cm³/mol. The van der Waals surface area contributed by atoms with Crippen molar-refractivity contribution in [1.82, 2.24) is 20.4 Å². The van der Waals surface area contributed by atoms with Crippen LogP contribution >= 0.6 is 0 Å². The van der Waals surface area contributed by atoms with Gasteiger partial charge in [0.05, 0.1) is 13.0 Å². The molecule has 0 aliphatic carbocycles. The highest BCUT2D eigenvalue weighted by Crippen LogP contribution is 2.28. The number of methoxy groups -OCH3 is 1. The van der Waals surface area contributed by atoms with Crippen molar-refractivity contribution >= 4 is 6.03 Å². The van der Waals surface area contributed by atoms with Crippen molar-refractivity contribution in [3.8, 4) is 17.2 Å². The number of nitrogens with one attached hydrogen (secondary N) is 1. The Hall–Kier alpha value is -3.42. The molecule has 2 heterocycles. The predicted octanol–water partition coefficient (Wildman–Crippen LogP) is 4.02. The summed E-state index contributed by atoms with van der Waals surface area (Å²) < 4.78 is 24.1. The number of aromatic nitrogens is 2. The van der Waals surface area contributed by atoms with E-state index in [1.165, 1.54) is 12.1 Å². The van der Waals surface area contributed by atoms with Crippen molar-refractivity contribution < 1.29 is 18.3 Å². The monoisotopic (exact) mass is 424 g/mol. The number of urea groups is 1. The molecule has 2 aromatic carbocycles. The lowest BCUT2D eigenvalue weighted by Crippen LogP contribution is -2.45. The third kappa shape index (κ3) is 5.20. The van der Waals surface area contributed by atoms with E-state index in [1.807, 2.05) is 24.3 Å². The van der Waals surface area contributed by atoms with Crippen LogP contribution in [0.5, 0.6) is 5.75 Å². The van der Waals surface area contributed by atoms with Crippen LogP contribution in [0.2, 0.25) is 0 Å². The van der Waals surface area contributed by atoms with Crippen LogP contribution in [-0.4, -0.2) is 47.9 Å². The number of hydrogen-bond donors (Lipinski definition) is 1. The Labute approximate surface area is 180 Å². The van der Waals surface area contributed by atoms with Crippen molar-refractivity contribution in [3.63, 3.8) is 0 Å². The number of halogens is 1. The summed E-state index contributed by atoms with van der Waals surface area (Å²) in [5.74, 6) is 1.36. The van der Waals surface area contributed by atoms with E-state index in [9.17, 15) is 9.18 Å². The van der Waals surface area contributed by atoms with Crippen LogP contribution in [0.15, 0.2) is 52.9 Å². The Morgan fingerprint density at radius 2 is 1.97 bits per heavy atom. The highest BCUT2D eigenvalue weighted by Gasteiger charge is 2.28. The second-order valence-electron chi connectivity index (χ2n) is 7.57. The molecule has 1 aliphatic heterocycles. The summed E-state index contributed by atoms with van der Waals surface area (Å²) in [5, 5.41) is 11.3. The molecule has 1 unspecified atom stereocenters. The zero-order chi connectivity index (χ0) is 21.6. The van der Waals surface area contributed by atoms with Gasteiger partial charge in [0.1, 0.15) is 11.6 Å². The van der Waals surface area contributed by atoms with Crippen LogP contribution in [0.4, 0.5) is 9.18 Å². The van der Waals surface area contributed by atoms with Gasteiger partial charge in [0.25, 0.3) is 0 Å². The minimum Gasteiger partial charge on any atom is -0.497 e. The minimum absolute atomic E-state index is 0.0113. The van der Waals surface area contributed by atoms with Gasteiger partial charge in [-0.15, -0.1) is 10.2 Å². The Morgan fingerprint density at radius 3 is 2.71 bits per heavy atom. The Kier molecular flexibility index (Phi) is 6.45. The van der Waals surface area contributed by atoms with Gasteiger partial charge < -0.3 is 19.4 Å². The first-order chi connectivity index (χ1) is 15.1. The number of carbonyl (C=O) groups excluding carboxylic acids is 1. The Morgan fingerprint density at radius 1 is 1.19 bits per heavy atom. The molecule has 1 saturated heterocycles. The first kappa shape index (κ1) is 20.8. The maximum absolute atomic E-state index is 13.1. The largest absolute Gasteiger partial charge is 0.497 e. The fourth-order valence-corrected chi connectivity index (χ4v) is 3.69. The third-order valence-corrected chi connectivity index (χ3v) is 5.44. The summed E-state index contributed by atoms with van der Waals surface area (Å²) in [6.45, 7) is 1.78. The zero-order valence-electron chi connectivity index (χ0n) is 17.4. The number of ether oxygens (including phenoxy) is 1. The van der Waals surface area contributed by atoms with Crippen molar-refractivity contribution in [3.05, 3.63) is 65.8 Å². The van der Waals surface area contributed by atoms with Gasteiger partial charge >= 0.3 is 6.03 Å². The fourth-order valence-electron chi connectivity index (χ4n) is 3.69. The molecule has 0 spiro atoms. The SMILES string of the molecule is COc1ccc(CCNC(=O)N2CCCC(c3nnc(-c4ccc(F)cc4)o3)C2)cc1. The summed E-state index contributed by atoms with van der Waals surface area (Å²) in [7, 11) is 1.64. The lowest BCUT2D eigenvalue weighted by Gasteiger charge is -2.31. The molecule has 3 aromatic rings. The number of benzene rings is 2. The number of hydrogen-bond acceptors (Lipinski definition) is 5. The Bertz CT molecular complexity index is 1000. The molecule has 162 valence electrons. The molecule has 0 saturated carbocycles. The van der Waals surface area contributed by atoms with Crippen LogP contribution in [0.3, 0.4) is 0 Å². The average molecular weight is 424 g/mol. The maximum Gasteiger partial charge on any atom is 0.317 e.